The van der Waals surface area contributed by atoms with Crippen LogP contribution in [-0.4, -0.2) is 50.6 Å². The van der Waals surface area contributed by atoms with Crippen LogP contribution in [0.2, 0.25) is 0 Å². The number of methoxy groups -OCH3 is 3. The first-order valence-electron chi connectivity index (χ1n) is 8.81. The number of ether oxygens (including phenoxy) is 3. The minimum Gasteiger partial charge on any atom is -0.493 e. The van der Waals surface area contributed by atoms with Gasteiger partial charge in [0.1, 0.15) is 6.54 Å². The molecule has 1 aliphatic heterocycles. The molecule has 0 bridgehead atoms. The number of benzene rings is 2. The highest BCUT2D eigenvalue weighted by molar-refractivity contribution is 6.12. The molecular formula is C21H21NO7. The Kier molecular flexibility index (Phi) is 5.56. The van der Waals surface area contributed by atoms with Crippen molar-refractivity contribution in [2.24, 2.45) is 0 Å². The van der Waals surface area contributed by atoms with Gasteiger partial charge in [0, 0.05) is 11.1 Å². The van der Waals surface area contributed by atoms with Crippen molar-refractivity contribution in [1.82, 2.24) is 0 Å². The van der Waals surface area contributed by atoms with Crippen molar-refractivity contribution in [3.8, 4) is 11.5 Å². The number of hydrogen-bond acceptors (Lipinski definition) is 7. The Labute approximate surface area is 167 Å². The molecule has 0 aromatic heterocycles. The maximum Gasteiger partial charge on any atom is 0.325 e. The van der Waals surface area contributed by atoms with Crippen LogP contribution in [0.1, 0.15) is 22.3 Å². The lowest BCUT2D eigenvalue weighted by atomic mass is 9.88. The number of hydrogen-bond donors (Lipinski definition) is 1. The first kappa shape index (κ1) is 20.3. The van der Waals surface area contributed by atoms with E-state index in [1.165, 1.54) is 33.5 Å². The molecule has 2 aromatic carbocycles. The number of ketones is 1. The second-order valence-corrected chi connectivity index (χ2v) is 6.51. The van der Waals surface area contributed by atoms with Crippen molar-refractivity contribution < 1.29 is 33.7 Å². The van der Waals surface area contributed by atoms with Gasteiger partial charge in [-0.25, -0.2) is 0 Å². The number of carbonyl (C=O) groups is 3. The van der Waals surface area contributed by atoms with Gasteiger partial charge in [-0.05, 0) is 24.3 Å². The van der Waals surface area contributed by atoms with Crippen LogP contribution in [-0.2, 0) is 19.9 Å². The molecule has 29 heavy (non-hydrogen) atoms. The Morgan fingerprint density at radius 3 is 2.38 bits per heavy atom. The molecule has 1 heterocycles. The Balaban J connectivity index is 1.94. The summed E-state index contributed by atoms with van der Waals surface area (Å²) in [6, 6.07) is 11.1. The summed E-state index contributed by atoms with van der Waals surface area (Å²) in [5.41, 5.74) is -1.20. The summed E-state index contributed by atoms with van der Waals surface area (Å²) in [6.45, 7) is -0.362. The van der Waals surface area contributed by atoms with Crippen molar-refractivity contribution in [3.63, 3.8) is 0 Å². The fraction of sp³-hybridized carbons (Fsp3) is 0.286. The van der Waals surface area contributed by atoms with E-state index in [0.29, 0.717) is 17.2 Å². The lowest BCUT2D eigenvalue weighted by Gasteiger charge is -2.22. The lowest BCUT2D eigenvalue weighted by Crippen LogP contribution is -2.43. The molecule has 0 saturated carbocycles. The molecule has 8 nitrogen and oxygen atoms in total. The number of fused-ring (bicyclic) bond motifs is 1. The SMILES string of the molecule is COC(=O)CN1C(=O)[C@](O)(CC(=O)c2ccc(OC)c(OC)c2)c2ccccc21. The van der Waals surface area contributed by atoms with E-state index in [9.17, 15) is 19.5 Å². The van der Waals surface area contributed by atoms with E-state index in [2.05, 4.69) is 4.74 Å². The van der Waals surface area contributed by atoms with Crippen molar-refractivity contribution in [2.45, 2.75) is 12.0 Å². The first-order chi connectivity index (χ1) is 13.8. The quantitative estimate of drug-likeness (QED) is 0.558. The Morgan fingerprint density at radius 2 is 1.72 bits per heavy atom. The summed E-state index contributed by atoms with van der Waals surface area (Å²) in [4.78, 5) is 38.7. The predicted octanol–water partition coefficient (Wildman–Crippen LogP) is 1.68. The number of aliphatic hydroxyl groups is 1. The van der Waals surface area contributed by atoms with Gasteiger partial charge in [0.25, 0.3) is 5.91 Å². The molecule has 0 radical (unpaired) electrons. The van der Waals surface area contributed by atoms with E-state index in [1.807, 2.05) is 0 Å². The van der Waals surface area contributed by atoms with Crippen LogP contribution in [0.4, 0.5) is 5.69 Å². The van der Waals surface area contributed by atoms with Gasteiger partial charge in [-0.2, -0.15) is 0 Å². The molecule has 0 unspecified atom stereocenters. The second-order valence-electron chi connectivity index (χ2n) is 6.51. The number of anilines is 1. The fourth-order valence-corrected chi connectivity index (χ4v) is 3.37. The van der Waals surface area contributed by atoms with Crippen LogP contribution in [0.25, 0.3) is 0 Å². The first-order valence-corrected chi connectivity index (χ1v) is 8.81. The molecule has 0 saturated heterocycles. The minimum absolute atomic E-state index is 0.257. The summed E-state index contributed by atoms with van der Waals surface area (Å²) < 4.78 is 15.0. The Morgan fingerprint density at radius 1 is 1.03 bits per heavy atom. The molecule has 8 heteroatoms. The molecule has 0 aliphatic carbocycles. The van der Waals surface area contributed by atoms with Gasteiger partial charge in [0.2, 0.25) is 0 Å². The van der Waals surface area contributed by atoms with Crippen LogP contribution in [0.5, 0.6) is 11.5 Å². The fourth-order valence-electron chi connectivity index (χ4n) is 3.37. The average molecular weight is 399 g/mol. The third kappa shape index (κ3) is 3.54. The van der Waals surface area contributed by atoms with Gasteiger partial charge in [0.05, 0.1) is 33.4 Å². The number of esters is 1. The molecule has 1 amide bonds. The Hall–Kier alpha value is -3.39. The second kappa shape index (κ2) is 7.92. The highest BCUT2D eigenvalue weighted by atomic mass is 16.5. The van der Waals surface area contributed by atoms with Crippen molar-refractivity contribution in [3.05, 3.63) is 53.6 Å². The van der Waals surface area contributed by atoms with E-state index < -0.39 is 29.7 Å². The molecular weight excluding hydrogens is 378 g/mol. The normalized spacial score (nSPS) is 17.7. The van der Waals surface area contributed by atoms with Crippen LogP contribution in [0.3, 0.4) is 0 Å². The number of rotatable bonds is 7. The van der Waals surface area contributed by atoms with Gasteiger partial charge < -0.3 is 19.3 Å². The van der Waals surface area contributed by atoms with Gasteiger partial charge in [-0.3, -0.25) is 19.3 Å². The lowest BCUT2D eigenvalue weighted by molar-refractivity contribution is -0.142. The van der Waals surface area contributed by atoms with E-state index in [4.69, 9.17) is 9.47 Å². The number of carbonyl (C=O) groups excluding carboxylic acids is 3. The standard InChI is InChI=1S/C21H21NO7/c1-27-17-9-8-13(10-18(17)28-2)16(23)11-21(26)14-6-4-5-7-15(14)22(20(21)25)12-19(24)29-3/h4-10,26H,11-12H2,1-3H3/t21-/m0/s1. The van der Waals surface area contributed by atoms with Gasteiger partial charge in [-0.1, -0.05) is 18.2 Å². The third-order valence-electron chi connectivity index (χ3n) is 4.88. The highest BCUT2D eigenvalue weighted by Crippen LogP contribution is 2.43. The van der Waals surface area contributed by atoms with Gasteiger partial charge in [0.15, 0.2) is 22.9 Å². The number of amides is 1. The van der Waals surface area contributed by atoms with Gasteiger partial charge >= 0.3 is 5.97 Å². The van der Waals surface area contributed by atoms with Crippen molar-refractivity contribution in [2.75, 3.05) is 32.8 Å². The topological polar surface area (TPSA) is 102 Å². The molecule has 2 aromatic rings. The van der Waals surface area contributed by atoms with Crippen LogP contribution in [0, 0.1) is 0 Å². The zero-order valence-electron chi connectivity index (χ0n) is 16.3. The van der Waals surface area contributed by atoms with E-state index in [1.54, 1.807) is 30.3 Å². The molecule has 1 atom stereocenters. The number of nitrogens with zero attached hydrogens (tertiary/aromatic N) is 1. The highest BCUT2D eigenvalue weighted by Gasteiger charge is 2.51. The smallest absolute Gasteiger partial charge is 0.325 e. The van der Waals surface area contributed by atoms with E-state index >= 15 is 0 Å². The van der Waals surface area contributed by atoms with E-state index in [0.717, 1.165) is 4.90 Å². The van der Waals surface area contributed by atoms with Crippen molar-refractivity contribution >= 4 is 23.3 Å². The van der Waals surface area contributed by atoms with Crippen LogP contribution >= 0.6 is 0 Å². The summed E-state index contributed by atoms with van der Waals surface area (Å²) in [7, 11) is 4.13. The Bertz CT molecular complexity index is 971. The number of Topliss-reactive ketones (excluding diaryl/α,β-unsaturated/α-hetero) is 1. The number of para-hydroxylation sites is 1. The molecule has 152 valence electrons. The van der Waals surface area contributed by atoms with Crippen LogP contribution in [0.15, 0.2) is 42.5 Å². The monoisotopic (exact) mass is 399 g/mol. The predicted molar refractivity (Wildman–Crippen MR) is 103 cm³/mol. The summed E-state index contributed by atoms with van der Waals surface area (Å²) in [5.74, 6) is -1.04. The zero-order valence-corrected chi connectivity index (χ0v) is 16.3. The molecule has 1 aliphatic rings. The summed E-state index contributed by atoms with van der Waals surface area (Å²) in [6.07, 6.45) is -0.490. The maximum atomic E-state index is 13.0. The molecule has 3 rings (SSSR count). The summed E-state index contributed by atoms with van der Waals surface area (Å²) >= 11 is 0. The maximum absolute atomic E-state index is 13.0. The molecule has 0 spiro atoms. The van der Waals surface area contributed by atoms with Gasteiger partial charge in [-0.15, -0.1) is 0 Å². The minimum atomic E-state index is -2.09. The molecule has 1 N–H and O–H groups in total. The molecule has 0 fully saturated rings. The van der Waals surface area contributed by atoms with E-state index in [-0.39, 0.29) is 17.7 Å². The van der Waals surface area contributed by atoms with Crippen LogP contribution < -0.4 is 14.4 Å². The summed E-state index contributed by atoms with van der Waals surface area (Å²) in [5, 5.41) is 11.2. The largest absolute Gasteiger partial charge is 0.493 e. The third-order valence-corrected chi connectivity index (χ3v) is 4.88. The zero-order chi connectivity index (χ0) is 21.2. The van der Waals surface area contributed by atoms with Crippen molar-refractivity contribution in [1.29, 1.82) is 0 Å². The average Bonchev–Trinajstić information content (AvgIpc) is 2.95.